The van der Waals surface area contributed by atoms with Gasteiger partial charge in [-0.1, -0.05) is 200 Å². The molecule has 4 heterocycles. The van der Waals surface area contributed by atoms with Gasteiger partial charge in [-0.3, -0.25) is 14.5 Å². The number of amides is 1. The Hall–Kier alpha value is -9.74. The number of nitrogens with one attached hydrogen (secondary N) is 3. The number of H-pyrrole nitrogens is 2. The number of allylic oxidation sites excluding steroid dienone is 1. The molecule has 402 valence electrons. The van der Waals surface area contributed by atoms with Gasteiger partial charge in [0.1, 0.15) is 11.4 Å². The lowest BCUT2D eigenvalue weighted by Gasteiger charge is -2.56. The number of carbonyl (C=O) groups excluding carboxylic acids is 2. The van der Waals surface area contributed by atoms with Gasteiger partial charge in [0.25, 0.3) is 5.91 Å². The summed E-state index contributed by atoms with van der Waals surface area (Å²) in [6.07, 6.45) is 8.46. The molecule has 1 aliphatic carbocycles. The number of aromatic amines is 2. The third-order valence-corrected chi connectivity index (χ3v) is 19.2. The minimum atomic E-state index is -3.91. The van der Waals surface area contributed by atoms with Crippen molar-refractivity contribution in [1.82, 2.24) is 34.5 Å². The molecule has 1 amide bonds. The molecule has 2 aromatic heterocycles. The molecular formula is C69H56N8O4S. The van der Waals surface area contributed by atoms with Crippen molar-refractivity contribution >= 4 is 21.7 Å². The van der Waals surface area contributed by atoms with Gasteiger partial charge in [0, 0.05) is 66.4 Å². The molecule has 2 saturated heterocycles. The maximum Gasteiger partial charge on any atom is 0.255 e. The zero-order valence-corrected chi connectivity index (χ0v) is 45.3. The summed E-state index contributed by atoms with van der Waals surface area (Å²) in [6, 6.07) is 78.3. The molecule has 4 unspecified atom stereocenters. The van der Waals surface area contributed by atoms with Gasteiger partial charge >= 0.3 is 0 Å². The van der Waals surface area contributed by atoms with Gasteiger partial charge in [0.05, 0.1) is 51.8 Å². The molecule has 1 saturated carbocycles. The number of ketones is 1. The number of piperidine rings is 1. The summed E-state index contributed by atoms with van der Waals surface area (Å²) < 4.78 is 30.4. The van der Waals surface area contributed by atoms with Crippen molar-refractivity contribution in [1.29, 1.82) is 5.26 Å². The quantitative estimate of drug-likeness (QED) is 0.0460. The van der Waals surface area contributed by atoms with Gasteiger partial charge in [0.2, 0.25) is 10.0 Å². The average Bonchev–Trinajstić information content (AvgIpc) is 1.43. The van der Waals surface area contributed by atoms with Crippen LogP contribution in [-0.4, -0.2) is 73.9 Å². The van der Waals surface area contributed by atoms with Crippen LogP contribution in [0.15, 0.2) is 278 Å². The Bertz CT molecular complexity index is 3690. The van der Waals surface area contributed by atoms with Crippen LogP contribution in [-0.2, 0) is 25.6 Å². The van der Waals surface area contributed by atoms with E-state index >= 15 is 9.59 Å². The lowest BCUT2D eigenvalue weighted by atomic mass is 9.47. The van der Waals surface area contributed by atoms with Gasteiger partial charge < -0.3 is 15.3 Å². The third-order valence-electron chi connectivity index (χ3n) is 17.3. The maximum atomic E-state index is 18.5. The number of hydrogen-bond donors (Lipinski definition) is 3. The van der Waals surface area contributed by atoms with Gasteiger partial charge in [-0.2, -0.15) is 9.57 Å². The molecule has 13 heteroatoms. The van der Waals surface area contributed by atoms with E-state index in [0.717, 1.165) is 33.4 Å². The maximum absolute atomic E-state index is 18.5. The summed E-state index contributed by atoms with van der Waals surface area (Å²) >= 11 is 0. The minimum absolute atomic E-state index is 0.151. The van der Waals surface area contributed by atoms with Crippen molar-refractivity contribution in [2.45, 2.75) is 39.1 Å². The minimum Gasteiger partial charge on any atom is -0.356 e. The second-order valence-corrected chi connectivity index (χ2v) is 23.3. The smallest absolute Gasteiger partial charge is 0.255 e. The SMILES string of the molecule is N#Cc1ccc(C(=O)C=C2NC(C(c3cnc[nH]3)C(c3ccccc3)(c3ccccc3)c3ccccc3)(C(c3cnc[nH]3)C(c3ccccc3)(c3ccccc3)c3ccccc3)C(=O)N2C2C3CN(S(=O)(=O)c4ccccc4)CC32)cc1. The largest absolute Gasteiger partial charge is 0.356 e. The van der Waals surface area contributed by atoms with Crippen LogP contribution in [0.5, 0.6) is 0 Å². The molecule has 3 N–H and O–H groups in total. The number of nitriles is 1. The molecule has 0 bridgehead atoms. The van der Waals surface area contributed by atoms with Crippen molar-refractivity contribution in [3.05, 3.63) is 329 Å². The predicted molar refractivity (Wildman–Crippen MR) is 313 cm³/mol. The number of carbonyl (C=O) groups is 2. The Balaban J connectivity index is 1.18. The highest BCUT2D eigenvalue weighted by molar-refractivity contribution is 7.89. The number of nitrogens with zero attached hydrogens (tertiary/aromatic N) is 5. The third kappa shape index (κ3) is 8.32. The van der Waals surface area contributed by atoms with Crippen molar-refractivity contribution in [2.75, 3.05) is 13.1 Å². The fourth-order valence-electron chi connectivity index (χ4n) is 14.0. The number of rotatable bonds is 17. The molecule has 82 heavy (non-hydrogen) atoms. The second-order valence-electron chi connectivity index (χ2n) is 21.4. The van der Waals surface area contributed by atoms with Crippen LogP contribution in [0, 0.1) is 23.2 Å². The Morgan fingerprint density at radius 1 is 0.561 bits per heavy atom. The molecule has 0 radical (unpaired) electrons. The lowest BCUT2D eigenvalue weighted by Crippen LogP contribution is -2.66. The number of sulfonamides is 1. The molecule has 3 fully saturated rings. The predicted octanol–water partition coefficient (Wildman–Crippen LogP) is 11.2. The van der Waals surface area contributed by atoms with E-state index in [0.29, 0.717) is 22.5 Å². The molecular weight excluding hydrogens is 1040 g/mol. The second kappa shape index (κ2) is 21.1. The number of fused-ring (bicyclic) bond motifs is 1. The molecule has 13 rings (SSSR count). The van der Waals surface area contributed by atoms with Gasteiger partial charge in [0.15, 0.2) is 5.78 Å². The molecule has 3 aliphatic rings. The average molecular weight is 1090 g/mol. The zero-order chi connectivity index (χ0) is 55.9. The first kappa shape index (κ1) is 51.7. The fraction of sp³-hybridized carbons (Fsp3) is 0.145. The Morgan fingerprint density at radius 3 is 1.27 bits per heavy atom. The van der Waals surface area contributed by atoms with E-state index in [1.807, 2.05) is 122 Å². The van der Waals surface area contributed by atoms with E-state index < -0.39 is 50.1 Å². The van der Waals surface area contributed by atoms with E-state index in [-0.39, 0.29) is 41.5 Å². The van der Waals surface area contributed by atoms with E-state index in [2.05, 4.69) is 94.2 Å². The summed E-state index contributed by atoms with van der Waals surface area (Å²) in [6.45, 7) is 0.302. The number of imidazole rings is 2. The highest BCUT2D eigenvalue weighted by Crippen LogP contribution is 2.66. The molecule has 0 spiro atoms. The topological polar surface area (TPSA) is 168 Å². The van der Waals surface area contributed by atoms with Crippen LogP contribution in [0.25, 0.3) is 0 Å². The first-order chi connectivity index (χ1) is 40.2. The van der Waals surface area contributed by atoms with Crippen LogP contribution in [0.4, 0.5) is 0 Å². The van der Waals surface area contributed by atoms with Crippen LogP contribution >= 0.6 is 0 Å². The van der Waals surface area contributed by atoms with Crippen molar-refractivity contribution < 1.29 is 18.0 Å². The van der Waals surface area contributed by atoms with E-state index in [1.54, 1.807) is 72.2 Å². The first-order valence-corrected chi connectivity index (χ1v) is 28.9. The Kier molecular flexibility index (Phi) is 13.3. The highest BCUT2D eigenvalue weighted by Gasteiger charge is 2.74. The van der Waals surface area contributed by atoms with E-state index in [4.69, 9.17) is 9.97 Å². The van der Waals surface area contributed by atoms with Crippen LogP contribution in [0.2, 0.25) is 0 Å². The van der Waals surface area contributed by atoms with E-state index in [1.165, 1.54) is 10.4 Å². The molecule has 8 aromatic carbocycles. The van der Waals surface area contributed by atoms with Crippen molar-refractivity contribution in [3.63, 3.8) is 0 Å². The first-order valence-electron chi connectivity index (χ1n) is 27.4. The van der Waals surface area contributed by atoms with Gasteiger partial charge in [-0.25, -0.2) is 18.4 Å². The lowest BCUT2D eigenvalue weighted by molar-refractivity contribution is -0.135. The number of benzene rings is 8. The fourth-order valence-corrected chi connectivity index (χ4v) is 15.5. The number of aromatic nitrogens is 4. The summed E-state index contributed by atoms with van der Waals surface area (Å²) in [4.78, 5) is 52.8. The van der Waals surface area contributed by atoms with Gasteiger partial charge in [-0.05, 0) is 69.8 Å². The Labute approximate surface area is 476 Å². The van der Waals surface area contributed by atoms with Crippen LogP contribution in [0.1, 0.15) is 72.5 Å². The van der Waals surface area contributed by atoms with Crippen LogP contribution in [0.3, 0.4) is 0 Å². The molecule has 4 atom stereocenters. The summed E-state index contributed by atoms with van der Waals surface area (Å²) in [7, 11) is -3.91. The highest BCUT2D eigenvalue weighted by atomic mass is 32.2. The molecule has 2 aliphatic heterocycles. The summed E-state index contributed by atoms with van der Waals surface area (Å²) in [5.41, 5.74) is 2.62. The standard InChI is InChI=1S/C69H56N8O4S/c70-41-48-36-38-49(39-37-48)61(78)40-62-75-69(66(79)77(62)63-57-44-76(45-58(57)63)82(80,81)56-34-20-7-21-35-56,64(59-42-71-46-73-59)67(50-22-8-1-9-23-50,51-24-10-2-11-25-51)52-26-12-3-13-27-52)65(60-43-72-47-74-60)68(53-28-14-4-15-29-53,54-30-16-5-17-31-54)55-32-18-6-19-33-55/h1-40,42-43,46-47,57-58,63-65,75H,44-45H2,(H,71,73)(H,72,74). The normalized spacial score (nSPS) is 20.1. The Morgan fingerprint density at radius 2 is 0.927 bits per heavy atom. The van der Waals surface area contributed by atoms with Crippen molar-refractivity contribution in [3.8, 4) is 6.07 Å². The van der Waals surface area contributed by atoms with E-state index in [9.17, 15) is 13.7 Å². The van der Waals surface area contributed by atoms with Gasteiger partial charge in [-0.15, -0.1) is 0 Å². The summed E-state index contributed by atoms with van der Waals surface area (Å²) in [5, 5.41) is 14.0. The monoisotopic (exact) mass is 1090 g/mol. The number of hydrogen-bond acceptors (Lipinski definition) is 8. The zero-order valence-electron chi connectivity index (χ0n) is 44.5. The van der Waals surface area contributed by atoms with Crippen molar-refractivity contribution in [2.24, 2.45) is 11.8 Å². The molecule has 12 nitrogen and oxygen atoms in total. The molecule has 10 aromatic rings. The van der Waals surface area contributed by atoms with Crippen LogP contribution < -0.4 is 5.32 Å². The summed E-state index contributed by atoms with van der Waals surface area (Å²) in [5.74, 6) is -3.19.